The standard InChI is InChI=1S/C14H23N3O4S2/c1-10-7-13(5-6-14(10)22(18,19)15-4)23(20,21)17-9-11(2)16-8-12(17)3/h5-7,11-12,15-16H,8-9H2,1-4H3. The van der Waals surface area contributed by atoms with Crippen LogP contribution >= 0.6 is 0 Å². The zero-order valence-corrected chi connectivity index (χ0v) is 15.3. The Bertz CT molecular complexity index is 790. The van der Waals surface area contributed by atoms with Gasteiger partial charge in [0.05, 0.1) is 9.79 Å². The van der Waals surface area contributed by atoms with Crippen LogP contribution in [0.4, 0.5) is 0 Å². The molecule has 1 saturated heterocycles. The van der Waals surface area contributed by atoms with Gasteiger partial charge in [-0.2, -0.15) is 4.31 Å². The minimum atomic E-state index is -3.66. The topological polar surface area (TPSA) is 95.6 Å². The molecule has 130 valence electrons. The zero-order chi connectivity index (χ0) is 17.4. The minimum Gasteiger partial charge on any atom is -0.311 e. The summed E-state index contributed by atoms with van der Waals surface area (Å²) in [6.45, 7) is 6.35. The van der Waals surface area contributed by atoms with E-state index < -0.39 is 20.0 Å². The lowest BCUT2D eigenvalue weighted by atomic mass is 10.2. The monoisotopic (exact) mass is 361 g/mol. The predicted molar refractivity (Wildman–Crippen MR) is 88.2 cm³/mol. The summed E-state index contributed by atoms with van der Waals surface area (Å²) in [6, 6.07) is 4.03. The van der Waals surface area contributed by atoms with Crippen molar-refractivity contribution in [3.05, 3.63) is 23.8 Å². The summed E-state index contributed by atoms with van der Waals surface area (Å²) in [5, 5.41) is 3.24. The first-order valence-corrected chi connectivity index (χ1v) is 10.3. The van der Waals surface area contributed by atoms with Crippen molar-refractivity contribution in [1.82, 2.24) is 14.3 Å². The molecule has 7 nitrogen and oxygen atoms in total. The quantitative estimate of drug-likeness (QED) is 0.803. The Balaban J connectivity index is 2.43. The molecule has 1 aromatic carbocycles. The van der Waals surface area contributed by atoms with Crippen LogP contribution in [0.25, 0.3) is 0 Å². The molecule has 1 aliphatic rings. The Morgan fingerprint density at radius 1 is 1.22 bits per heavy atom. The van der Waals surface area contributed by atoms with Crippen molar-refractivity contribution < 1.29 is 16.8 Å². The number of rotatable bonds is 4. The molecule has 2 atom stereocenters. The molecule has 0 amide bonds. The van der Waals surface area contributed by atoms with E-state index in [1.165, 1.54) is 29.6 Å². The Kier molecular flexibility index (Phi) is 5.17. The van der Waals surface area contributed by atoms with Crippen molar-refractivity contribution in [3.63, 3.8) is 0 Å². The summed E-state index contributed by atoms with van der Waals surface area (Å²) in [6.07, 6.45) is 0. The zero-order valence-electron chi connectivity index (χ0n) is 13.7. The molecule has 0 aliphatic carbocycles. The second-order valence-electron chi connectivity index (χ2n) is 5.87. The molecule has 1 fully saturated rings. The van der Waals surface area contributed by atoms with Crippen LogP contribution in [0.2, 0.25) is 0 Å². The van der Waals surface area contributed by atoms with Crippen molar-refractivity contribution in [2.24, 2.45) is 0 Å². The molecule has 0 saturated carbocycles. The van der Waals surface area contributed by atoms with Gasteiger partial charge >= 0.3 is 0 Å². The molecule has 0 aromatic heterocycles. The van der Waals surface area contributed by atoms with Gasteiger partial charge in [-0.15, -0.1) is 0 Å². The Morgan fingerprint density at radius 2 is 1.87 bits per heavy atom. The average Bonchev–Trinajstić information content (AvgIpc) is 2.49. The predicted octanol–water partition coefficient (Wildman–Crippen LogP) is 0.274. The van der Waals surface area contributed by atoms with E-state index in [4.69, 9.17) is 0 Å². The second kappa shape index (κ2) is 6.48. The first-order valence-electron chi connectivity index (χ1n) is 7.39. The van der Waals surface area contributed by atoms with Gasteiger partial charge < -0.3 is 5.32 Å². The first-order chi connectivity index (χ1) is 10.6. The molecule has 1 aliphatic heterocycles. The summed E-state index contributed by atoms with van der Waals surface area (Å²) >= 11 is 0. The van der Waals surface area contributed by atoms with Crippen LogP contribution in [0.5, 0.6) is 0 Å². The fourth-order valence-corrected chi connectivity index (χ4v) is 5.41. The highest BCUT2D eigenvalue weighted by Crippen LogP contribution is 2.24. The van der Waals surface area contributed by atoms with Gasteiger partial charge in [0.1, 0.15) is 0 Å². The molecule has 2 rings (SSSR count). The summed E-state index contributed by atoms with van der Waals surface area (Å²) in [4.78, 5) is 0.201. The molecular formula is C14H23N3O4S2. The summed E-state index contributed by atoms with van der Waals surface area (Å²) in [5.41, 5.74) is 0.399. The average molecular weight is 361 g/mol. The number of aryl methyl sites for hydroxylation is 1. The third kappa shape index (κ3) is 3.58. The Hall–Kier alpha value is -1.00. The maximum absolute atomic E-state index is 12.9. The van der Waals surface area contributed by atoms with Gasteiger partial charge in [0.25, 0.3) is 0 Å². The minimum absolute atomic E-state index is 0.0750. The van der Waals surface area contributed by atoms with E-state index in [0.717, 1.165) is 0 Å². The maximum atomic E-state index is 12.9. The lowest BCUT2D eigenvalue weighted by Crippen LogP contribution is -2.56. The second-order valence-corrected chi connectivity index (χ2v) is 9.61. The van der Waals surface area contributed by atoms with Crippen molar-refractivity contribution in [2.75, 3.05) is 20.1 Å². The maximum Gasteiger partial charge on any atom is 0.243 e. The van der Waals surface area contributed by atoms with Gasteiger partial charge in [0.2, 0.25) is 20.0 Å². The van der Waals surface area contributed by atoms with Gasteiger partial charge in [0, 0.05) is 25.2 Å². The van der Waals surface area contributed by atoms with E-state index in [1.807, 2.05) is 13.8 Å². The number of benzene rings is 1. The van der Waals surface area contributed by atoms with Crippen molar-refractivity contribution in [2.45, 2.75) is 42.6 Å². The van der Waals surface area contributed by atoms with Crippen LogP contribution in [0, 0.1) is 6.92 Å². The summed E-state index contributed by atoms with van der Waals surface area (Å²) in [5.74, 6) is 0. The highest BCUT2D eigenvalue weighted by atomic mass is 32.2. The molecule has 9 heteroatoms. The number of nitrogens with one attached hydrogen (secondary N) is 2. The van der Waals surface area contributed by atoms with Crippen LogP contribution in [0.1, 0.15) is 19.4 Å². The first kappa shape index (κ1) is 18.3. The smallest absolute Gasteiger partial charge is 0.243 e. The molecule has 0 bridgehead atoms. The molecule has 1 aromatic rings. The van der Waals surface area contributed by atoms with E-state index in [0.29, 0.717) is 18.7 Å². The molecule has 2 N–H and O–H groups in total. The number of hydrogen-bond acceptors (Lipinski definition) is 5. The van der Waals surface area contributed by atoms with Crippen LogP contribution in [-0.4, -0.2) is 53.4 Å². The Labute approximate surface area is 138 Å². The molecule has 1 heterocycles. The van der Waals surface area contributed by atoms with Gasteiger partial charge in [-0.25, -0.2) is 21.6 Å². The lowest BCUT2D eigenvalue weighted by molar-refractivity contribution is 0.244. The third-order valence-corrected chi connectivity index (χ3v) is 7.57. The van der Waals surface area contributed by atoms with Crippen molar-refractivity contribution >= 4 is 20.0 Å². The number of sulfonamides is 2. The van der Waals surface area contributed by atoms with Crippen LogP contribution in [-0.2, 0) is 20.0 Å². The number of nitrogens with zero attached hydrogens (tertiary/aromatic N) is 1. The summed E-state index contributed by atoms with van der Waals surface area (Å²) < 4.78 is 53.2. The van der Waals surface area contributed by atoms with E-state index in [2.05, 4.69) is 10.0 Å². The van der Waals surface area contributed by atoms with Gasteiger partial charge in [0.15, 0.2) is 0 Å². The SMILES string of the molecule is CNS(=O)(=O)c1ccc(S(=O)(=O)N2CC(C)NCC2C)cc1C. The van der Waals surface area contributed by atoms with Crippen molar-refractivity contribution in [1.29, 1.82) is 0 Å². The lowest BCUT2D eigenvalue weighted by Gasteiger charge is -2.36. The van der Waals surface area contributed by atoms with E-state index >= 15 is 0 Å². The van der Waals surface area contributed by atoms with Crippen LogP contribution in [0.15, 0.2) is 28.0 Å². The fourth-order valence-electron chi connectivity index (χ4n) is 2.65. The number of piperazine rings is 1. The van der Waals surface area contributed by atoms with Crippen LogP contribution in [0.3, 0.4) is 0 Å². The third-order valence-electron chi connectivity index (χ3n) is 4.02. The van der Waals surface area contributed by atoms with Gasteiger partial charge in [-0.1, -0.05) is 0 Å². The molecular weight excluding hydrogens is 338 g/mol. The highest BCUT2D eigenvalue weighted by Gasteiger charge is 2.33. The fraction of sp³-hybridized carbons (Fsp3) is 0.571. The van der Waals surface area contributed by atoms with E-state index in [9.17, 15) is 16.8 Å². The van der Waals surface area contributed by atoms with Crippen molar-refractivity contribution in [3.8, 4) is 0 Å². The normalized spacial score (nSPS) is 23.8. The molecule has 0 radical (unpaired) electrons. The largest absolute Gasteiger partial charge is 0.311 e. The summed E-state index contributed by atoms with van der Waals surface area (Å²) in [7, 11) is -5.94. The molecule has 23 heavy (non-hydrogen) atoms. The van der Waals surface area contributed by atoms with Crippen LogP contribution < -0.4 is 10.0 Å². The van der Waals surface area contributed by atoms with Gasteiger partial charge in [-0.05, 0) is 51.6 Å². The van der Waals surface area contributed by atoms with Gasteiger partial charge in [-0.3, -0.25) is 0 Å². The molecule has 0 spiro atoms. The van der Waals surface area contributed by atoms with E-state index in [1.54, 1.807) is 6.92 Å². The van der Waals surface area contributed by atoms with E-state index in [-0.39, 0.29) is 21.9 Å². The highest BCUT2D eigenvalue weighted by molar-refractivity contribution is 7.89. The Morgan fingerprint density at radius 3 is 2.43 bits per heavy atom. The number of hydrogen-bond donors (Lipinski definition) is 2. The molecule has 2 unspecified atom stereocenters.